The summed E-state index contributed by atoms with van der Waals surface area (Å²) >= 11 is 0.475. The van der Waals surface area contributed by atoms with Crippen molar-refractivity contribution in [1.82, 2.24) is 4.90 Å². The Morgan fingerprint density at radius 2 is 1.93 bits per heavy atom. The quantitative estimate of drug-likeness (QED) is 0.667. The average Bonchev–Trinajstić information content (AvgIpc) is 2.68. The van der Waals surface area contributed by atoms with Crippen molar-refractivity contribution >= 4 is 23.4 Å². The van der Waals surface area contributed by atoms with Crippen LogP contribution in [-0.4, -0.2) is 48.9 Å². The van der Waals surface area contributed by atoms with Crippen LogP contribution in [0.5, 0.6) is 11.5 Å². The van der Waals surface area contributed by atoms with Crippen molar-refractivity contribution in [3.63, 3.8) is 0 Å². The molecule has 1 aliphatic rings. The second-order valence-electron chi connectivity index (χ2n) is 6.28. The van der Waals surface area contributed by atoms with E-state index in [-0.39, 0.29) is 18.6 Å². The number of hydrogen-bond acceptors (Lipinski definition) is 5. The molecule has 1 heterocycles. The number of hydrogen-bond donors (Lipinski definition) is 1. The predicted molar refractivity (Wildman–Crippen MR) is 105 cm³/mol. The third-order valence-electron chi connectivity index (χ3n) is 4.21. The summed E-state index contributed by atoms with van der Waals surface area (Å²) < 4.78 is 36.4. The molecule has 2 aromatic carbocycles. The molecule has 0 aliphatic carbocycles. The number of ether oxygens (including phenoxy) is 2. The topological polar surface area (TPSA) is 50.8 Å². The van der Waals surface area contributed by atoms with Crippen molar-refractivity contribution < 1.29 is 23.0 Å². The molecule has 8 heteroatoms. The number of para-hydroxylation sites is 2. The van der Waals surface area contributed by atoms with Gasteiger partial charge in [0.2, 0.25) is 5.91 Å². The minimum atomic E-state index is -2.46. The molecular weight excluding hydrogens is 386 g/mol. The summed E-state index contributed by atoms with van der Waals surface area (Å²) in [4.78, 5) is 14.8. The zero-order valence-electron chi connectivity index (χ0n) is 15.4. The number of fused-ring (bicyclic) bond motifs is 1. The molecule has 1 aliphatic heterocycles. The summed E-state index contributed by atoms with van der Waals surface area (Å²) in [6.45, 7) is 3.84. The maximum Gasteiger partial charge on any atom is 0.288 e. The number of thioether (sulfide) groups is 1. The largest absolute Gasteiger partial charge is 0.486 e. The van der Waals surface area contributed by atoms with Gasteiger partial charge >= 0.3 is 0 Å². The van der Waals surface area contributed by atoms with E-state index in [1.165, 1.54) is 0 Å². The predicted octanol–water partition coefficient (Wildman–Crippen LogP) is 4.10. The van der Waals surface area contributed by atoms with Gasteiger partial charge in [-0.3, -0.25) is 9.69 Å². The molecule has 1 N–H and O–H groups in total. The first-order valence-corrected chi connectivity index (χ1v) is 9.87. The van der Waals surface area contributed by atoms with Crippen LogP contribution in [0.25, 0.3) is 0 Å². The fourth-order valence-corrected chi connectivity index (χ4v) is 3.37. The van der Waals surface area contributed by atoms with E-state index in [9.17, 15) is 13.6 Å². The van der Waals surface area contributed by atoms with Crippen molar-refractivity contribution in [3.8, 4) is 11.5 Å². The second kappa shape index (κ2) is 9.75. The summed E-state index contributed by atoms with van der Waals surface area (Å²) in [6.07, 6.45) is -0.159. The van der Waals surface area contributed by atoms with Crippen LogP contribution in [0, 0.1) is 0 Å². The number of rotatable bonds is 8. The van der Waals surface area contributed by atoms with Gasteiger partial charge in [-0.1, -0.05) is 30.8 Å². The van der Waals surface area contributed by atoms with Gasteiger partial charge in [0, 0.05) is 17.1 Å². The molecule has 1 unspecified atom stereocenters. The Balaban J connectivity index is 1.49. The molecular formula is C20H22F2N2O3S. The lowest BCUT2D eigenvalue weighted by Crippen LogP contribution is -2.43. The molecule has 0 bridgehead atoms. The van der Waals surface area contributed by atoms with Crippen molar-refractivity contribution in [2.45, 2.75) is 23.7 Å². The monoisotopic (exact) mass is 408 g/mol. The number of likely N-dealkylation sites (N-methyl/N-ethyl adjacent to an activating group) is 1. The van der Waals surface area contributed by atoms with Crippen LogP contribution in [0.15, 0.2) is 53.4 Å². The standard InChI is InChI=1S/C20H22F2N2O3S/c1-2-24(11-15-13-26-17-5-3-4-6-18(17)27-15)12-19(25)23-14-7-9-16(10-8-14)28-20(21)22/h3-10,15,20H,2,11-13H2,1H3,(H,23,25). The van der Waals surface area contributed by atoms with Crippen LogP contribution in [0.2, 0.25) is 0 Å². The Morgan fingerprint density at radius 1 is 1.21 bits per heavy atom. The van der Waals surface area contributed by atoms with E-state index in [4.69, 9.17) is 9.47 Å². The summed E-state index contributed by atoms with van der Waals surface area (Å²) in [5.41, 5.74) is 0.575. The molecule has 150 valence electrons. The Morgan fingerprint density at radius 3 is 2.61 bits per heavy atom. The lowest BCUT2D eigenvalue weighted by atomic mass is 10.2. The van der Waals surface area contributed by atoms with Crippen molar-refractivity contribution in [1.29, 1.82) is 0 Å². The Hall–Kier alpha value is -2.32. The van der Waals surface area contributed by atoms with Crippen molar-refractivity contribution in [2.24, 2.45) is 0 Å². The van der Waals surface area contributed by atoms with Crippen molar-refractivity contribution in [3.05, 3.63) is 48.5 Å². The minimum absolute atomic E-state index is 0.159. The first-order valence-electron chi connectivity index (χ1n) is 8.99. The smallest absolute Gasteiger partial charge is 0.288 e. The van der Waals surface area contributed by atoms with Gasteiger partial charge in [-0.2, -0.15) is 8.78 Å². The number of benzene rings is 2. The first-order chi connectivity index (χ1) is 13.5. The molecule has 5 nitrogen and oxygen atoms in total. The number of halogens is 2. The van der Waals surface area contributed by atoms with E-state index in [0.717, 1.165) is 5.75 Å². The van der Waals surface area contributed by atoms with Gasteiger partial charge in [0.1, 0.15) is 12.7 Å². The first kappa shape index (κ1) is 20.4. The molecule has 3 rings (SSSR count). The van der Waals surface area contributed by atoms with E-state index >= 15 is 0 Å². The highest BCUT2D eigenvalue weighted by Gasteiger charge is 2.23. The SMILES string of the molecule is CCN(CC(=O)Nc1ccc(SC(F)F)cc1)CC1COc2ccccc2O1. The number of amides is 1. The van der Waals surface area contributed by atoms with Crippen LogP contribution in [0.1, 0.15) is 6.92 Å². The highest BCUT2D eigenvalue weighted by Crippen LogP contribution is 2.31. The van der Waals surface area contributed by atoms with Gasteiger partial charge in [0.15, 0.2) is 11.5 Å². The summed E-state index contributed by atoms with van der Waals surface area (Å²) in [5.74, 6) is -1.20. The van der Waals surface area contributed by atoms with Crippen molar-refractivity contribution in [2.75, 3.05) is 31.6 Å². The van der Waals surface area contributed by atoms with Gasteiger partial charge in [-0.25, -0.2) is 0 Å². The zero-order valence-corrected chi connectivity index (χ0v) is 16.3. The summed E-state index contributed by atoms with van der Waals surface area (Å²) in [7, 11) is 0. The van der Waals surface area contributed by atoms with E-state index in [1.54, 1.807) is 24.3 Å². The summed E-state index contributed by atoms with van der Waals surface area (Å²) in [5, 5.41) is 2.79. The third kappa shape index (κ3) is 5.84. The van der Waals surface area contributed by atoms with Gasteiger partial charge in [-0.15, -0.1) is 0 Å². The van der Waals surface area contributed by atoms with Crippen LogP contribution in [-0.2, 0) is 4.79 Å². The van der Waals surface area contributed by atoms with Crippen LogP contribution in [0.4, 0.5) is 14.5 Å². The molecule has 0 saturated carbocycles. The number of carbonyl (C=O) groups excluding carboxylic acids is 1. The Labute approximate surface area is 167 Å². The maximum absolute atomic E-state index is 12.4. The average molecular weight is 408 g/mol. The van der Waals surface area contributed by atoms with E-state index in [1.807, 2.05) is 36.1 Å². The summed E-state index contributed by atoms with van der Waals surface area (Å²) in [6, 6.07) is 13.9. The van der Waals surface area contributed by atoms with Gasteiger partial charge in [0.05, 0.1) is 6.54 Å². The third-order valence-corrected chi connectivity index (χ3v) is 4.93. The molecule has 0 aromatic heterocycles. The lowest BCUT2D eigenvalue weighted by molar-refractivity contribution is -0.117. The minimum Gasteiger partial charge on any atom is -0.486 e. The molecule has 2 aromatic rings. The number of carbonyl (C=O) groups is 1. The van der Waals surface area contributed by atoms with E-state index in [0.29, 0.717) is 47.8 Å². The Kier molecular flexibility index (Phi) is 7.11. The zero-order chi connectivity index (χ0) is 19.9. The fourth-order valence-electron chi connectivity index (χ4n) is 2.87. The highest BCUT2D eigenvalue weighted by atomic mass is 32.2. The fraction of sp³-hybridized carbons (Fsp3) is 0.350. The second-order valence-corrected chi connectivity index (χ2v) is 7.34. The normalized spacial score (nSPS) is 15.7. The molecule has 0 radical (unpaired) electrons. The Bertz CT molecular complexity index is 789. The molecule has 0 saturated heterocycles. The number of nitrogens with zero attached hydrogens (tertiary/aromatic N) is 1. The molecule has 1 amide bonds. The lowest BCUT2D eigenvalue weighted by Gasteiger charge is -2.30. The number of alkyl halides is 2. The van der Waals surface area contributed by atoms with Crippen LogP contribution >= 0.6 is 11.8 Å². The van der Waals surface area contributed by atoms with Crippen LogP contribution < -0.4 is 14.8 Å². The number of anilines is 1. The highest BCUT2D eigenvalue weighted by molar-refractivity contribution is 7.99. The van der Waals surface area contributed by atoms with Gasteiger partial charge in [-0.05, 0) is 42.9 Å². The van der Waals surface area contributed by atoms with E-state index < -0.39 is 5.76 Å². The van der Waals surface area contributed by atoms with E-state index in [2.05, 4.69) is 5.32 Å². The van der Waals surface area contributed by atoms with Crippen LogP contribution in [0.3, 0.4) is 0 Å². The van der Waals surface area contributed by atoms with Gasteiger partial charge < -0.3 is 14.8 Å². The molecule has 0 fully saturated rings. The molecule has 28 heavy (non-hydrogen) atoms. The van der Waals surface area contributed by atoms with Gasteiger partial charge in [0.25, 0.3) is 5.76 Å². The number of nitrogens with one attached hydrogen (secondary N) is 1. The molecule has 0 spiro atoms. The maximum atomic E-state index is 12.4. The molecule has 1 atom stereocenters.